The van der Waals surface area contributed by atoms with E-state index in [-0.39, 0.29) is 0 Å². The Morgan fingerprint density at radius 2 is 2.40 bits per heavy atom. The summed E-state index contributed by atoms with van der Waals surface area (Å²) in [6.07, 6.45) is 6.97. The van der Waals surface area contributed by atoms with Gasteiger partial charge in [0.05, 0.1) is 0 Å². The third-order valence-corrected chi connectivity index (χ3v) is 2.98. The molecule has 10 heavy (non-hydrogen) atoms. The van der Waals surface area contributed by atoms with Crippen LogP contribution in [-0.2, 0) is 0 Å². The van der Waals surface area contributed by atoms with Gasteiger partial charge in [0.1, 0.15) is 0 Å². The lowest BCUT2D eigenvalue weighted by Gasteiger charge is -2.30. The van der Waals surface area contributed by atoms with Crippen molar-refractivity contribution in [2.75, 3.05) is 0 Å². The van der Waals surface area contributed by atoms with E-state index in [2.05, 4.69) is 19.9 Å². The average Bonchev–Trinajstić information content (AvgIpc) is 1.96. The van der Waals surface area contributed by atoms with Crippen molar-refractivity contribution >= 4 is 11.6 Å². The van der Waals surface area contributed by atoms with Gasteiger partial charge in [-0.05, 0) is 24.7 Å². The lowest BCUT2D eigenvalue weighted by atomic mass is 9.77. The van der Waals surface area contributed by atoms with Crippen molar-refractivity contribution in [3.63, 3.8) is 0 Å². The van der Waals surface area contributed by atoms with E-state index in [9.17, 15) is 0 Å². The van der Waals surface area contributed by atoms with Gasteiger partial charge >= 0.3 is 0 Å². The summed E-state index contributed by atoms with van der Waals surface area (Å²) in [4.78, 5) is 0. The predicted molar refractivity (Wildman–Crippen MR) is 46.2 cm³/mol. The van der Waals surface area contributed by atoms with Crippen molar-refractivity contribution in [1.29, 1.82) is 0 Å². The second-order valence-corrected chi connectivity index (χ2v) is 4.00. The fraction of sp³-hybridized carbons (Fsp3) is 0.778. The van der Waals surface area contributed by atoms with Crippen LogP contribution >= 0.6 is 11.6 Å². The van der Waals surface area contributed by atoms with Crippen LogP contribution in [-0.4, -0.2) is 0 Å². The van der Waals surface area contributed by atoms with Crippen LogP contribution in [0.2, 0.25) is 0 Å². The van der Waals surface area contributed by atoms with Gasteiger partial charge in [-0.25, -0.2) is 0 Å². The van der Waals surface area contributed by atoms with E-state index in [4.69, 9.17) is 11.6 Å². The lowest BCUT2D eigenvalue weighted by molar-refractivity contribution is 0.279. The fourth-order valence-corrected chi connectivity index (χ4v) is 1.48. The molecule has 0 aromatic rings. The summed E-state index contributed by atoms with van der Waals surface area (Å²) in [6, 6.07) is 0. The number of rotatable bonds is 1. The van der Waals surface area contributed by atoms with E-state index < -0.39 is 0 Å². The lowest BCUT2D eigenvalue weighted by Crippen LogP contribution is -2.16. The van der Waals surface area contributed by atoms with E-state index in [1.54, 1.807) is 0 Å². The summed E-state index contributed by atoms with van der Waals surface area (Å²) in [5.74, 6) is 0. The standard InChI is InChI=1S/C9H15Cl/c1-3-9(2)6-4-8(10)5-7-9/h4H,3,5-7H2,1-2H3. The fourth-order valence-electron chi connectivity index (χ4n) is 1.30. The highest BCUT2D eigenvalue weighted by Gasteiger charge is 2.23. The topological polar surface area (TPSA) is 0 Å². The third-order valence-electron chi connectivity index (χ3n) is 2.64. The Balaban J connectivity index is 2.56. The van der Waals surface area contributed by atoms with E-state index in [0.717, 1.165) is 11.5 Å². The molecule has 58 valence electrons. The molecule has 1 atom stereocenters. The maximum Gasteiger partial charge on any atom is 0.0141 e. The summed E-state index contributed by atoms with van der Waals surface area (Å²) >= 11 is 5.86. The maximum absolute atomic E-state index is 5.86. The molecule has 0 fully saturated rings. The first kappa shape index (κ1) is 8.13. The van der Waals surface area contributed by atoms with Crippen molar-refractivity contribution in [1.82, 2.24) is 0 Å². The van der Waals surface area contributed by atoms with Gasteiger partial charge in [-0.1, -0.05) is 37.9 Å². The third kappa shape index (κ3) is 1.76. The van der Waals surface area contributed by atoms with Gasteiger partial charge in [-0.3, -0.25) is 0 Å². The molecule has 0 saturated heterocycles. The second-order valence-electron chi connectivity index (χ2n) is 3.52. The molecule has 0 N–H and O–H groups in total. The SMILES string of the molecule is CCC1(C)CC=C(Cl)CC1. The molecule has 0 aromatic heterocycles. The van der Waals surface area contributed by atoms with E-state index in [0.29, 0.717) is 5.41 Å². The largest absolute Gasteiger partial charge is 0.0895 e. The van der Waals surface area contributed by atoms with E-state index in [1.807, 2.05) is 0 Å². The Hall–Kier alpha value is 0.0300. The van der Waals surface area contributed by atoms with Crippen LogP contribution in [0.15, 0.2) is 11.1 Å². The zero-order valence-electron chi connectivity index (χ0n) is 6.78. The minimum Gasteiger partial charge on any atom is -0.0895 e. The minimum absolute atomic E-state index is 0.540. The van der Waals surface area contributed by atoms with Gasteiger partial charge < -0.3 is 0 Å². The first-order valence-electron chi connectivity index (χ1n) is 4.01. The normalized spacial score (nSPS) is 33.7. The first-order valence-corrected chi connectivity index (χ1v) is 4.39. The predicted octanol–water partition coefficient (Wildman–Crippen LogP) is 3.71. The molecule has 1 rings (SSSR count). The quantitative estimate of drug-likeness (QED) is 0.546. The van der Waals surface area contributed by atoms with Gasteiger partial charge in [0.15, 0.2) is 0 Å². The summed E-state index contributed by atoms with van der Waals surface area (Å²) in [6.45, 7) is 4.60. The Labute approximate surface area is 68.3 Å². The molecule has 0 spiro atoms. The van der Waals surface area contributed by atoms with Gasteiger partial charge in [-0.2, -0.15) is 0 Å². The molecule has 1 aliphatic carbocycles. The number of hydrogen-bond donors (Lipinski definition) is 0. The molecule has 0 nitrogen and oxygen atoms in total. The van der Waals surface area contributed by atoms with E-state index >= 15 is 0 Å². The Morgan fingerprint density at radius 3 is 2.80 bits per heavy atom. The van der Waals surface area contributed by atoms with Crippen LogP contribution in [0.5, 0.6) is 0 Å². The molecule has 0 amide bonds. The molecular weight excluding hydrogens is 144 g/mol. The van der Waals surface area contributed by atoms with Crippen molar-refractivity contribution in [2.45, 2.75) is 39.5 Å². The molecule has 0 heterocycles. The van der Waals surface area contributed by atoms with Crippen LogP contribution in [0, 0.1) is 5.41 Å². The Bertz CT molecular complexity index is 149. The van der Waals surface area contributed by atoms with Crippen molar-refractivity contribution in [3.05, 3.63) is 11.1 Å². The van der Waals surface area contributed by atoms with Gasteiger partial charge in [0.25, 0.3) is 0 Å². The smallest absolute Gasteiger partial charge is 0.0141 e. The maximum atomic E-state index is 5.86. The van der Waals surface area contributed by atoms with Crippen LogP contribution in [0.3, 0.4) is 0 Å². The van der Waals surface area contributed by atoms with Gasteiger partial charge in [0.2, 0.25) is 0 Å². The summed E-state index contributed by atoms with van der Waals surface area (Å²) in [7, 11) is 0. The van der Waals surface area contributed by atoms with Gasteiger partial charge in [0, 0.05) is 5.03 Å². The van der Waals surface area contributed by atoms with Crippen molar-refractivity contribution < 1.29 is 0 Å². The molecule has 1 heteroatoms. The first-order chi connectivity index (χ1) is 4.66. The molecule has 0 saturated carbocycles. The van der Waals surface area contributed by atoms with Crippen molar-refractivity contribution in [3.8, 4) is 0 Å². The molecule has 0 bridgehead atoms. The summed E-state index contributed by atoms with van der Waals surface area (Å²) in [5, 5.41) is 1.06. The highest BCUT2D eigenvalue weighted by atomic mass is 35.5. The summed E-state index contributed by atoms with van der Waals surface area (Å²) < 4.78 is 0. The molecule has 0 aromatic carbocycles. The highest BCUT2D eigenvalue weighted by molar-refractivity contribution is 6.29. The molecule has 0 radical (unpaired) electrons. The molecule has 1 aliphatic rings. The Kier molecular flexibility index (Phi) is 2.40. The van der Waals surface area contributed by atoms with Crippen molar-refractivity contribution in [2.24, 2.45) is 5.41 Å². The monoisotopic (exact) mass is 158 g/mol. The van der Waals surface area contributed by atoms with Crippen LogP contribution < -0.4 is 0 Å². The molecular formula is C9H15Cl. The number of allylic oxidation sites excluding steroid dienone is 2. The average molecular weight is 159 g/mol. The summed E-state index contributed by atoms with van der Waals surface area (Å²) in [5.41, 5.74) is 0.540. The number of hydrogen-bond acceptors (Lipinski definition) is 0. The van der Waals surface area contributed by atoms with Crippen LogP contribution in [0.25, 0.3) is 0 Å². The van der Waals surface area contributed by atoms with Gasteiger partial charge in [-0.15, -0.1) is 0 Å². The second kappa shape index (κ2) is 2.96. The number of halogens is 1. The van der Waals surface area contributed by atoms with Crippen LogP contribution in [0.4, 0.5) is 0 Å². The molecule has 0 aliphatic heterocycles. The molecule has 1 unspecified atom stereocenters. The van der Waals surface area contributed by atoms with E-state index in [1.165, 1.54) is 19.3 Å². The van der Waals surface area contributed by atoms with Crippen LogP contribution in [0.1, 0.15) is 39.5 Å². The zero-order chi connectivity index (χ0) is 7.61. The zero-order valence-corrected chi connectivity index (χ0v) is 7.54. The highest BCUT2D eigenvalue weighted by Crippen LogP contribution is 2.38. The minimum atomic E-state index is 0.540. The Morgan fingerprint density at radius 1 is 1.70 bits per heavy atom.